The van der Waals surface area contributed by atoms with Crippen LogP contribution < -0.4 is 9.46 Å². The number of sulfonamides is 1. The smallest absolute Gasteiger partial charge is 0.324 e. The predicted octanol–water partition coefficient (Wildman–Crippen LogP) is 1.31. The lowest BCUT2D eigenvalue weighted by Gasteiger charge is -2.15. The zero-order chi connectivity index (χ0) is 15.3. The number of carbonyl (C=O) groups is 1. The molecule has 6 nitrogen and oxygen atoms in total. The van der Waals surface area contributed by atoms with Crippen LogP contribution in [0.1, 0.15) is 20.8 Å². The van der Waals surface area contributed by atoms with Crippen molar-refractivity contribution in [1.29, 1.82) is 0 Å². The van der Waals surface area contributed by atoms with Gasteiger partial charge in [0.1, 0.15) is 11.8 Å². The van der Waals surface area contributed by atoms with Gasteiger partial charge in [0.25, 0.3) is 0 Å². The van der Waals surface area contributed by atoms with Crippen LogP contribution >= 0.6 is 0 Å². The summed E-state index contributed by atoms with van der Waals surface area (Å²) < 4.78 is 36.3. The molecule has 1 rings (SSSR count). The van der Waals surface area contributed by atoms with Crippen molar-refractivity contribution < 1.29 is 22.7 Å². The van der Waals surface area contributed by atoms with Crippen molar-refractivity contribution in [3.63, 3.8) is 0 Å². The SMILES string of the molecule is COc1ccc(S(=O)(=O)N[C@@H](C)C(=O)OC(C)C)cc1. The molecule has 0 bridgehead atoms. The Morgan fingerprint density at radius 2 is 1.70 bits per heavy atom. The van der Waals surface area contributed by atoms with Gasteiger partial charge in [-0.15, -0.1) is 0 Å². The summed E-state index contributed by atoms with van der Waals surface area (Å²) in [5.41, 5.74) is 0. The number of rotatable bonds is 6. The topological polar surface area (TPSA) is 81.7 Å². The number of carbonyl (C=O) groups excluding carboxylic acids is 1. The van der Waals surface area contributed by atoms with Crippen molar-refractivity contribution >= 4 is 16.0 Å². The van der Waals surface area contributed by atoms with Gasteiger partial charge in [0, 0.05) is 0 Å². The molecule has 0 radical (unpaired) electrons. The van der Waals surface area contributed by atoms with Crippen LogP contribution in [0.4, 0.5) is 0 Å². The predicted molar refractivity (Wildman–Crippen MR) is 74.0 cm³/mol. The highest BCUT2D eigenvalue weighted by Crippen LogP contribution is 2.15. The summed E-state index contributed by atoms with van der Waals surface area (Å²) in [6, 6.07) is 4.92. The second-order valence-electron chi connectivity index (χ2n) is 4.50. The van der Waals surface area contributed by atoms with Gasteiger partial charge in [0.05, 0.1) is 18.1 Å². The minimum absolute atomic E-state index is 0.0579. The molecule has 0 spiro atoms. The molecular weight excluding hydrogens is 282 g/mol. The lowest BCUT2D eigenvalue weighted by Crippen LogP contribution is -2.40. The highest BCUT2D eigenvalue weighted by molar-refractivity contribution is 7.89. The third-order valence-electron chi connectivity index (χ3n) is 2.41. The lowest BCUT2D eigenvalue weighted by atomic mass is 10.3. The van der Waals surface area contributed by atoms with Crippen LogP contribution in [-0.2, 0) is 19.6 Å². The van der Waals surface area contributed by atoms with E-state index in [1.807, 2.05) is 0 Å². The minimum Gasteiger partial charge on any atom is -0.497 e. The number of hydrogen-bond acceptors (Lipinski definition) is 5. The summed E-state index contributed by atoms with van der Waals surface area (Å²) in [5, 5.41) is 0. The van der Waals surface area contributed by atoms with Crippen molar-refractivity contribution in [2.24, 2.45) is 0 Å². The van der Waals surface area contributed by atoms with Crippen LogP contribution in [0.25, 0.3) is 0 Å². The van der Waals surface area contributed by atoms with E-state index in [0.717, 1.165) is 0 Å². The van der Waals surface area contributed by atoms with E-state index in [2.05, 4.69) is 4.72 Å². The van der Waals surface area contributed by atoms with Crippen molar-refractivity contribution in [2.75, 3.05) is 7.11 Å². The second-order valence-corrected chi connectivity index (χ2v) is 6.22. The molecule has 0 saturated heterocycles. The van der Waals surface area contributed by atoms with Crippen LogP contribution in [0.3, 0.4) is 0 Å². The Hall–Kier alpha value is -1.60. The Balaban J connectivity index is 2.80. The first-order chi connectivity index (χ1) is 9.26. The Kier molecular flexibility index (Phi) is 5.52. The zero-order valence-corrected chi connectivity index (χ0v) is 12.7. The van der Waals surface area contributed by atoms with Crippen LogP contribution in [0, 0.1) is 0 Å². The van der Waals surface area contributed by atoms with Crippen molar-refractivity contribution in [3.8, 4) is 5.75 Å². The van der Waals surface area contributed by atoms with E-state index < -0.39 is 22.0 Å². The molecule has 0 aliphatic heterocycles. The summed E-state index contributed by atoms with van der Waals surface area (Å²) in [6.07, 6.45) is -0.296. The third-order valence-corrected chi connectivity index (χ3v) is 3.96. The monoisotopic (exact) mass is 301 g/mol. The molecular formula is C13H19NO5S. The summed E-state index contributed by atoms with van der Waals surface area (Å²) in [7, 11) is -2.28. The molecule has 0 unspecified atom stereocenters. The molecule has 1 atom stereocenters. The number of benzene rings is 1. The van der Waals surface area contributed by atoms with Gasteiger partial charge in [-0.3, -0.25) is 4.79 Å². The molecule has 0 fully saturated rings. The molecule has 0 saturated carbocycles. The minimum atomic E-state index is -3.77. The maximum absolute atomic E-state index is 12.1. The fourth-order valence-electron chi connectivity index (χ4n) is 1.44. The fourth-order valence-corrected chi connectivity index (χ4v) is 2.63. The van der Waals surface area contributed by atoms with Crippen molar-refractivity contribution in [3.05, 3.63) is 24.3 Å². The molecule has 0 aliphatic carbocycles. The van der Waals surface area contributed by atoms with Gasteiger partial charge in [0.15, 0.2) is 0 Å². The Morgan fingerprint density at radius 3 is 2.15 bits per heavy atom. The van der Waals surface area contributed by atoms with Gasteiger partial charge in [-0.1, -0.05) is 0 Å². The molecule has 112 valence electrons. The van der Waals surface area contributed by atoms with E-state index in [9.17, 15) is 13.2 Å². The molecule has 1 aromatic carbocycles. The van der Waals surface area contributed by atoms with E-state index in [1.165, 1.54) is 38.3 Å². The average Bonchev–Trinajstić information content (AvgIpc) is 2.37. The Bertz CT molecular complexity index is 551. The first kappa shape index (κ1) is 16.5. The normalized spacial score (nSPS) is 13.1. The van der Waals surface area contributed by atoms with Crippen LogP contribution in [0.5, 0.6) is 5.75 Å². The largest absolute Gasteiger partial charge is 0.497 e. The van der Waals surface area contributed by atoms with Gasteiger partial charge >= 0.3 is 5.97 Å². The Morgan fingerprint density at radius 1 is 1.15 bits per heavy atom. The van der Waals surface area contributed by atoms with E-state index in [-0.39, 0.29) is 11.0 Å². The van der Waals surface area contributed by atoms with Gasteiger partial charge in [-0.25, -0.2) is 8.42 Å². The van der Waals surface area contributed by atoms with Gasteiger partial charge in [-0.05, 0) is 45.0 Å². The maximum Gasteiger partial charge on any atom is 0.324 e. The first-order valence-electron chi connectivity index (χ1n) is 6.13. The zero-order valence-electron chi connectivity index (χ0n) is 11.9. The maximum atomic E-state index is 12.1. The summed E-state index contributed by atoms with van der Waals surface area (Å²) in [4.78, 5) is 11.7. The molecule has 7 heteroatoms. The van der Waals surface area contributed by atoms with E-state index >= 15 is 0 Å². The Labute approximate surface area is 119 Å². The molecule has 0 aromatic heterocycles. The van der Waals surface area contributed by atoms with E-state index in [0.29, 0.717) is 5.75 Å². The molecule has 0 aliphatic rings. The summed E-state index contributed by atoms with van der Waals surface area (Å²) in [6.45, 7) is 4.83. The number of hydrogen-bond donors (Lipinski definition) is 1. The van der Waals surface area contributed by atoms with Crippen LogP contribution in [-0.4, -0.2) is 33.6 Å². The second kappa shape index (κ2) is 6.71. The summed E-state index contributed by atoms with van der Waals surface area (Å²) in [5.74, 6) is -0.0618. The number of ether oxygens (including phenoxy) is 2. The van der Waals surface area contributed by atoms with E-state index in [4.69, 9.17) is 9.47 Å². The highest BCUT2D eigenvalue weighted by atomic mass is 32.2. The van der Waals surface area contributed by atoms with Gasteiger partial charge < -0.3 is 9.47 Å². The van der Waals surface area contributed by atoms with Gasteiger partial charge in [0.2, 0.25) is 10.0 Å². The summed E-state index contributed by atoms with van der Waals surface area (Å²) >= 11 is 0. The number of nitrogens with one attached hydrogen (secondary N) is 1. The molecule has 20 heavy (non-hydrogen) atoms. The molecule has 1 aromatic rings. The van der Waals surface area contributed by atoms with Crippen LogP contribution in [0.15, 0.2) is 29.2 Å². The average molecular weight is 301 g/mol. The first-order valence-corrected chi connectivity index (χ1v) is 7.61. The van der Waals surface area contributed by atoms with Gasteiger partial charge in [-0.2, -0.15) is 4.72 Å². The van der Waals surface area contributed by atoms with Crippen molar-refractivity contribution in [1.82, 2.24) is 4.72 Å². The van der Waals surface area contributed by atoms with E-state index in [1.54, 1.807) is 13.8 Å². The van der Waals surface area contributed by atoms with Crippen LogP contribution in [0.2, 0.25) is 0 Å². The number of esters is 1. The highest BCUT2D eigenvalue weighted by Gasteiger charge is 2.23. The lowest BCUT2D eigenvalue weighted by molar-refractivity contribution is -0.148. The van der Waals surface area contributed by atoms with Crippen molar-refractivity contribution in [2.45, 2.75) is 37.8 Å². The fraction of sp³-hybridized carbons (Fsp3) is 0.462. The molecule has 0 heterocycles. The standard InChI is InChI=1S/C13H19NO5S/c1-9(2)19-13(15)10(3)14-20(16,17)12-7-5-11(18-4)6-8-12/h5-10,14H,1-4H3/t10-/m0/s1. The third kappa shape index (κ3) is 4.50. The number of methoxy groups -OCH3 is 1. The molecule has 0 amide bonds. The molecule has 1 N–H and O–H groups in total. The quantitative estimate of drug-likeness (QED) is 0.801.